The molecule has 0 spiro atoms. The first kappa shape index (κ1) is 18.2. The van der Waals surface area contributed by atoms with Crippen LogP contribution in [0.1, 0.15) is 5.69 Å². The molecule has 0 N–H and O–H groups in total. The van der Waals surface area contributed by atoms with Crippen LogP contribution in [0.25, 0.3) is 5.69 Å². The van der Waals surface area contributed by atoms with Crippen molar-refractivity contribution >= 4 is 11.6 Å². The lowest BCUT2D eigenvalue weighted by atomic mass is 10.2. The van der Waals surface area contributed by atoms with E-state index in [1.54, 1.807) is 0 Å². The summed E-state index contributed by atoms with van der Waals surface area (Å²) in [4.78, 5) is 36.0. The number of fused-ring (bicyclic) bond motifs is 1. The summed E-state index contributed by atoms with van der Waals surface area (Å²) in [5, 5.41) is 0. The Morgan fingerprint density at radius 2 is 1.85 bits per heavy atom. The smallest absolute Gasteiger partial charge is 0.423 e. The molecule has 3 rings (SSSR count). The van der Waals surface area contributed by atoms with Crippen LogP contribution in [0.4, 0.5) is 23.3 Å². The molecule has 1 aliphatic rings. The Morgan fingerprint density at radius 1 is 1.19 bits per heavy atom. The molecule has 2 heterocycles. The summed E-state index contributed by atoms with van der Waals surface area (Å²) in [5.74, 6) is -1.90. The SMILES string of the molecule is C#CCN1C(=O)C(F)(F)Oc2cc(F)c(-n3c(=O)cc(C)n(F)c3=O)cc21. The van der Waals surface area contributed by atoms with Crippen molar-refractivity contribution in [2.75, 3.05) is 11.4 Å². The van der Waals surface area contributed by atoms with Crippen LogP contribution < -0.4 is 20.9 Å². The number of rotatable bonds is 2. The molecule has 1 aromatic heterocycles. The number of alkyl halides is 2. The van der Waals surface area contributed by atoms with Gasteiger partial charge >= 0.3 is 17.7 Å². The van der Waals surface area contributed by atoms with E-state index >= 15 is 0 Å². The van der Waals surface area contributed by atoms with Crippen molar-refractivity contribution < 1.29 is 27.2 Å². The van der Waals surface area contributed by atoms with E-state index in [2.05, 4.69) is 4.74 Å². The van der Waals surface area contributed by atoms with Crippen LogP contribution in [0.3, 0.4) is 0 Å². The molecule has 0 atom stereocenters. The molecule has 1 aliphatic heterocycles. The molecule has 0 radical (unpaired) electrons. The third kappa shape index (κ3) is 2.75. The third-order valence-electron chi connectivity index (χ3n) is 3.76. The first-order valence-corrected chi connectivity index (χ1v) is 7.26. The van der Waals surface area contributed by atoms with Crippen molar-refractivity contribution in [1.29, 1.82) is 0 Å². The fraction of sp³-hybridized carbons (Fsp3) is 0.188. The van der Waals surface area contributed by atoms with Crippen LogP contribution in [-0.4, -0.2) is 27.9 Å². The van der Waals surface area contributed by atoms with Crippen LogP contribution in [0.2, 0.25) is 0 Å². The summed E-state index contributed by atoms with van der Waals surface area (Å²) >= 11 is 0. The zero-order chi connectivity index (χ0) is 20.1. The van der Waals surface area contributed by atoms with Gasteiger partial charge in [0.25, 0.3) is 5.56 Å². The summed E-state index contributed by atoms with van der Waals surface area (Å²) in [6, 6.07) is 1.91. The van der Waals surface area contributed by atoms with E-state index in [0.29, 0.717) is 11.0 Å². The van der Waals surface area contributed by atoms with Gasteiger partial charge in [-0.15, -0.1) is 11.2 Å². The van der Waals surface area contributed by atoms with Gasteiger partial charge < -0.3 is 4.74 Å². The highest BCUT2D eigenvalue weighted by Gasteiger charge is 2.50. The second kappa shape index (κ2) is 6.01. The highest BCUT2D eigenvalue weighted by atomic mass is 19.3. The van der Waals surface area contributed by atoms with Crippen LogP contribution in [0.15, 0.2) is 27.8 Å². The molecule has 0 bridgehead atoms. The van der Waals surface area contributed by atoms with Crippen molar-refractivity contribution in [2.24, 2.45) is 0 Å². The molecule has 1 aromatic carbocycles. The van der Waals surface area contributed by atoms with Gasteiger partial charge in [-0.05, 0) is 13.0 Å². The van der Waals surface area contributed by atoms with Gasteiger partial charge in [-0.2, -0.15) is 8.78 Å². The summed E-state index contributed by atoms with van der Waals surface area (Å²) < 4.78 is 59.9. The molecule has 0 saturated heterocycles. The predicted molar refractivity (Wildman–Crippen MR) is 84.3 cm³/mol. The maximum Gasteiger partial charge on any atom is 0.483 e. The van der Waals surface area contributed by atoms with E-state index in [4.69, 9.17) is 6.42 Å². The molecular weight excluding hydrogens is 374 g/mol. The number of aryl methyl sites for hydroxylation is 1. The van der Waals surface area contributed by atoms with Crippen molar-refractivity contribution in [2.45, 2.75) is 13.0 Å². The van der Waals surface area contributed by atoms with Crippen molar-refractivity contribution in [1.82, 2.24) is 9.36 Å². The van der Waals surface area contributed by atoms with Gasteiger partial charge in [0.1, 0.15) is 0 Å². The van der Waals surface area contributed by atoms with E-state index in [0.717, 1.165) is 19.1 Å². The number of carbonyl (C=O) groups excluding carboxylic acids is 1. The van der Waals surface area contributed by atoms with Gasteiger partial charge in [0.05, 0.1) is 23.6 Å². The maximum atomic E-state index is 14.4. The quantitative estimate of drug-likeness (QED) is 0.576. The third-order valence-corrected chi connectivity index (χ3v) is 3.76. The lowest BCUT2D eigenvalue weighted by molar-refractivity contribution is -0.192. The molecule has 1 amide bonds. The number of hydrogen-bond donors (Lipinski definition) is 0. The van der Waals surface area contributed by atoms with Gasteiger partial charge in [0.15, 0.2) is 11.6 Å². The Balaban J connectivity index is 2.31. The first-order chi connectivity index (χ1) is 12.6. The lowest BCUT2D eigenvalue weighted by Gasteiger charge is -2.32. The fourth-order valence-corrected chi connectivity index (χ4v) is 2.55. The average molecular weight is 383 g/mol. The number of aromatic nitrogens is 2. The number of ether oxygens (including phenoxy) is 1. The Bertz CT molecular complexity index is 1130. The van der Waals surface area contributed by atoms with E-state index in [9.17, 15) is 32.0 Å². The van der Waals surface area contributed by atoms with Crippen LogP contribution >= 0.6 is 0 Å². The maximum absolute atomic E-state index is 14.4. The van der Waals surface area contributed by atoms with Gasteiger partial charge in [-0.3, -0.25) is 14.5 Å². The lowest BCUT2D eigenvalue weighted by Crippen LogP contribution is -2.51. The summed E-state index contributed by atoms with van der Waals surface area (Å²) in [7, 11) is 0. The Labute approximate surface area is 147 Å². The largest absolute Gasteiger partial charge is 0.483 e. The molecule has 0 unspecified atom stereocenters. The molecule has 0 fully saturated rings. The first-order valence-electron chi connectivity index (χ1n) is 7.26. The minimum Gasteiger partial charge on any atom is -0.423 e. The molecule has 11 heteroatoms. The Kier molecular flexibility index (Phi) is 4.06. The van der Waals surface area contributed by atoms with E-state index in [1.807, 2.05) is 5.92 Å². The average Bonchev–Trinajstić information content (AvgIpc) is 2.58. The number of benzene rings is 1. The fourth-order valence-electron chi connectivity index (χ4n) is 2.55. The summed E-state index contributed by atoms with van der Waals surface area (Å²) in [6.45, 7) is 0.519. The van der Waals surface area contributed by atoms with Crippen LogP contribution in [-0.2, 0) is 4.79 Å². The number of halogens is 4. The number of nitrogens with zero attached hydrogens (tertiary/aromatic N) is 3. The second-order valence-corrected chi connectivity index (χ2v) is 5.51. The van der Waals surface area contributed by atoms with E-state index < -0.39 is 57.5 Å². The molecular formula is C16H9F4N3O4. The van der Waals surface area contributed by atoms with Gasteiger partial charge in [-0.1, -0.05) is 10.4 Å². The zero-order valence-electron chi connectivity index (χ0n) is 13.5. The normalized spacial score (nSPS) is 15.1. The predicted octanol–water partition coefficient (Wildman–Crippen LogP) is 1.13. The number of amides is 1. The highest BCUT2D eigenvalue weighted by Crippen LogP contribution is 2.41. The molecule has 27 heavy (non-hydrogen) atoms. The molecule has 0 saturated carbocycles. The monoisotopic (exact) mass is 383 g/mol. The number of hydrogen-bond acceptors (Lipinski definition) is 4. The molecule has 2 aromatic rings. The topological polar surface area (TPSA) is 73.5 Å². The number of terminal acetylenes is 1. The van der Waals surface area contributed by atoms with Crippen molar-refractivity contribution in [3.63, 3.8) is 0 Å². The van der Waals surface area contributed by atoms with Crippen LogP contribution in [0.5, 0.6) is 5.75 Å². The minimum atomic E-state index is -4.29. The van der Waals surface area contributed by atoms with Crippen molar-refractivity contribution in [3.05, 3.63) is 50.5 Å². The number of carbonyl (C=O) groups is 1. The highest BCUT2D eigenvalue weighted by molar-refractivity contribution is 6.01. The van der Waals surface area contributed by atoms with Gasteiger partial charge in [0.2, 0.25) is 0 Å². The van der Waals surface area contributed by atoms with E-state index in [1.165, 1.54) is 0 Å². The van der Waals surface area contributed by atoms with Gasteiger partial charge in [0, 0.05) is 12.1 Å². The molecule has 7 nitrogen and oxygen atoms in total. The second-order valence-electron chi connectivity index (χ2n) is 5.51. The minimum absolute atomic E-state index is 0.147. The standard InChI is InChI=1S/C16H9F4N3O4/c1-3-4-21-11-7-10(22-13(24)5-8(2)23(20)15(22)26)9(17)6-12(11)27-16(18,19)14(21)25/h1,5-7H,4H2,2H3. The van der Waals surface area contributed by atoms with Crippen LogP contribution in [0, 0.1) is 25.1 Å². The van der Waals surface area contributed by atoms with Gasteiger partial charge in [-0.25, -0.2) is 13.8 Å². The van der Waals surface area contributed by atoms with Crippen molar-refractivity contribution in [3.8, 4) is 23.8 Å². The summed E-state index contributed by atoms with van der Waals surface area (Å²) in [5.41, 5.74) is -4.08. The summed E-state index contributed by atoms with van der Waals surface area (Å²) in [6.07, 6.45) is 0.782. The Morgan fingerprint density at radius 3 is 2.48 bits per heavy atom. The number of anilines is 1. The molecule has 0 aliphatic carbocycles. The molecule has 140 valence electrons. The zero-order valence-corrected chi connectivity index (χ0v) is 13.5. The van der Waals surface area contributed by atoms with E-state index in [-0.39, 0.29) is 10.3 Å². The Hall–Kier alpha value is -3.55.